The smallest absolute Gasteiger partial charge is 0.269 e. The summed E-state index contributed by atoms with van der Waals surface area (Å²) in [5, 5.41) is 5.27. The molecule has 0 radical (unpaired) electrons. The molecule has 132 valence electrons. The first-order chi connectivity index (χ1) is 12.7. The minimum atomic E-state index is -0.496. The SMILES string of the molecule is NC(=O)c1nn(-c2ccc(C3CN4CCC3CC4)cc2)c2ccccc12. The van der Waals surface area contributed by atoms with E-state index in [0.29, 0.717) is 11.6 Å². The monoisotopic (exact) mass is 346 g/mol. The maximum Gasteiger partial charge on any atom is 0.269 e. The van der Waals surface area contributed by atoms with Crippen molar-refractivity contribution in [2.45, 2.75) is 18.8 Å². The molecule has 5 heteroatoms. The number of hydrogen-bond acceptors (Lipinski definition) is 3. The molecule has 3 saturated heterocycles. The van der Waals surface area contributed by atoms with Gasteiger partial charge in [0.15, 0.2) is 5.69 Å². The Labute approximate surface area is 152 Å². The summed E-state index contributed by atoms with van der Waals surface area (Å²) in [7, 11) is 0. The van der Waals surface area contributed by atoms with Crippen LogP contribution in [0.15, 0.2) is 48.5 Å². The Morgan fingerprint density at radius 3 is 2.42 bits per heavy atom. The molecule has 2 N–H and O–H groups in total. The third kappa shape index (κ3) is 2.42. The Morgan fingerprint density at radius 1 is 1.04 bits per heavy atom. The minimum absolute atomic E-state index is 0.321. The quantitative estimate of drug-likeness (QED) is 0.793. The molecule has 2 bridgehead atoms. The number of benzene rings is 2. The van der Waals surface area contributed by atoms with E-state index in [1.807, 2.05) is 28.9 Å². The lowest BCUT2D eigenvalue weighted by Gasteiger charge is -2.45. The molecule has 2 aromatic carbocycles. The molecule has 0 saturated carbocycles. The van der Waals surface area contributed by atoms with Crippen LogP contribution in [0.4, 0.5) is 0 Å². The van der Waals surface area contributed by atoms with Crippen LogP contribution in [0, 0.1) is 5.92 Å². The van der Waals surface area contributed by atoms with Gasteiger partial charge in [-0.25, -0.2) is 4.68 Å². The third-order valence-corrected chi connectivity index (χ3v) is 6.04. The van der Waals surface area contributed by atoms with E-state index in [2.05, 4.69) is 34.3 Å². The Kier molecular flexibility index (Phi) is 3.57. The molecule has 3 fully saturated rings. The maximum absolute atomic E-state index is 11.7. The highest BCUT2D eigenvalue weighted by atomic mass is 16.1. The zero-order chi connectivity index (χ0) is 17.7. The van der Waals surface area contributed by atoms with Gasteiger partial charge in [-0.2, -0.15) is 5.10 Å². The van der Waals surface area contributed by atoms with Crippen LogP contribution < -0.4 is 5.73 Å². The van der Waals surface area contributed by atoms with E-state index in [1.54, 1.807) is 0 Å². The van der Waals surface area contributed by atoms with Gasteiger partial charge in [-0.1, -0.05) is 30.3 Å². The van der Waals surface area contributed by atoms with Gasteiger partial charge in [0, 0.05) is 11.9 Å². The number of fused-ring (bicyclic) bond motifs is 4. The molecular weight excluding hydrogens is 324 g/mol. The average Bonchev–Trinajstić information content (AvgIpc) is 3.09. The molecule has 1 aromatic heterocycles. The first-order valence-corrected chi connectivity index (χ1v) is 9.31. The van der Waals surface area contributed by atoms with Crippen molar-refractivity contribution in [1.29, 1.82) is 0 Å². The van der Waals surface area contributed by atoms with Gasteiger partial charge >= 0.3 is 0 Å². The van der Waals surface area contributed by atoms with Gasteiger partial charge in [0.05, 0.1) is 11.2 Å². The fraction of sp³-hybridized carbons (Fsp3) is 0.333. The lowest BCUT2D eigenvalue weighted by Crippen LogP contribution is -2.46. The van der Waals surface area contributed by atoms with Gasteiger partial charge in [0.25, 0.3) is 5.91 Å². The maximum atomic E-state index is 11.7. The summed E-state index contributed by atoms with van der Waals surface area (Å²) in [6.45, 7) is 3.70. The van der Waals surface area contributed by atoms with E-state index < -0.39 is 5.91 Å². The van der Waals surface area contributed by atoms with Gasteiger partial charge in [-0.3, -0.25) is 4.79 Å². The molecule has 6 rings (SSSR count). The molecule has 1 unspecified atom stereocenters. The van der Waals surface area contributed by atoms with Crippen molar-refractivity contribution in [2.24, 2.45) is 11.7 Å². The number of hydrogen-bond donors (Lipinski definition) is 1. The van der Waals surface area contributed by atoms with E-state index >= 15 is 0 Å². The van der Waals surface area contributed by atoms with E-state index in [-0.39, 0.29) is 0 Å². The van der Waals surface area contributed by atoms with Gasteiger partial charge in [0.1, 0.15) is 0 Å². The molecule has 0 spiro atoms. The van der Waals surface area contributed by atoms with Crippen molar-refractivity contribution < 1.29 is 4.79 Å². The number of carbonyl (C=O) groups excluding carboxylic acids is 1. The van der Waals surface area contributed by atoms with E-state index in [1.165, 1.54) is 38.0 Å². The fourth-order valence-corrected chi connectivity index (χ4v) is 4.65. The molecule has 3 aliphatic heterocycles. The molecule has 0 aliphatic carbocycles. The van der Waals surface area contributed by atoms with Crippen LogP contribution in [0.1, 0.15) is 34.8 Å². The van der Waals surface area contributed by atoms with Crippen LogP contribution in [-0.4, -0.2) is 40.2 Å². The summed E-state index contributed by atoms with van der Waals surface area (Å²) in [5.74, 6) is 0.962. The number of para-hydroxylation sites is 1. The van der Waals surface area contributed by atoms with Crippen molar-refractivity contribution in [3.63, 3.8) is 0 Å². The van der Waals surface area contributed by atoms with E-state index in [4.69, 9.17) is 5.73 Å². The summed E-state index contributed by atoms with van der Waals surface area (Å²) in [6, 6.07) is 16.4. The lowest BCUT2D eigenvalue weighted by molar-refractivity contribution is 0.0871. The lowest BCUT2D eigenvalue weighted by atomic mass is 9.75. The number of rotatable bonds is 3. The number of nitrogens with zero attached hydrogens (tertiary/aromatic N) is 3. The first-order valence-electron chi connectivity index (χ1n) is 9.31. The van der Waals surface area contributed by atoms with Crippen LogP contribution >= 0.6 is 0 Å². The van der Waals surface area contributed by atoms with Crippen molar-refractivity contribution in [2.75, 3.05) is 19.6 Å². The highest BCUT2D eigenvalue weighted by Gasteiger charge is 2.34. The Balaban J connectivity index is 1.52. The number of aromatic nitrogens is 2. The minimum Gasteiger partial charge on any atom is -0.364 e. The zero-order valence-corrected chi connectivity index (χ0v) is 14.6. The summed E-state index contributed by atoms with van der Waals surface area (Å²) in [6.07, 6.45) is 2.64. The topological polar surface area (TPSA) is 64.2 Å². The van der Waals surface area contributed by atoms with E-state index in [9.17, 15) is 4.79 Å². The highest BCUT2D eigenvalue weighted by molar-refractivity contribution is 6.04. The van der Waals surface area contributed by atoms with Crippen molar-refractivity contribution in [3.8, 4) is 5.69 Å². The van der Waals surface area contributed by atoms with Crippen molar-refractivity contribution in [3.05, 3.63) is 59.8 Å². The van der Waals surface area contributed by atoms with Crippen LogP contribution in [0.2, 0.25) is 0 Å². The summed E-state index contributed by atoms with van der Waals surface area (Å²) < 4.78 is 1.82. The number of amides is 1. The second-order valence-electron chi connectivity index (χ2n) is 7.48. The molecule has 1 atom stereocenters. The molecule has 26 heavy (non-hydrogen) atoms. The summed E-state index contributed by atoms with van der Waals surface area (Å²) in [5.41, 5.74) is 9.10. The second kappa shape index (κ2) is 5.95. The summed E-state index contributed by atoms with van der Waals surface area (Å²) >= 11 is 0. The van der Waals surface area contributed by atoms with Gasteiger partial charge < -0.3 is 10.6 Å². The van der Waals surface area contributed by atoms with Gasteiger partial charge in [-0.15, -0.1) is 0 Å². The number of primary amides is 1. The van der Waals surface area contributed by atoms with E-state index in [0.717, 1.165) is 22.5 Å². The largest absolute Gasteiger partial charge is 0.364 e. The Morgan fingerprint density at radius 2 is 1.77 bits per heavy atom. The molecule has 3 aliphatic rings. The second-order valence-corrected chi connectivity index (χ2v) is 7.48. The molecule has 4 heterocycles. The fourth-order valence-electron chi connectivity index (χ4n) is 4.65. The average molecular weight is 346 g/mol. The summed E-state index contributed by atoms with van der Waals surface area (Å²) in [4.78, 5) is 14.3. The number of carbonyl (C=O) groups is 1. The van der Waals surface area contributed by atoms with Crippen LogP contribution in [0.3, 0.4) is 0 Å². The van der Waals surface area contributed by atoms with Gasteiger partial charge in [-0.05, 0) is 61.5 Å². The van der Waals surface area contributed by atoms with Crippen molar-refractivity contribution >= 4 is 16.8 Å². The normalized spacial score (nSPS) is 24.8. The molecule has 1 amide bonds. The van der Waals surface area contributed by atoms with Crippen LogP contribution in [0.5, 0.6) is 0 Å². The van der Waals surface area contributed by atoms with Crippen LogP contribution in [-0.2, 0) is 0 Å². The predicted molar refractivity (Wildman–Crippen MR) is 101 cm³/mol. The van der Waals surface area contributed by atoms with Crippen LogP contribution in [0.25, 0.3) is 16.6 Å². The Bertz CT molecular complexity index is 967. The molecular formula is C21H22N4O. The number of nitrogens with two attached hydrogens (primary N) is 1. The highest BCUT2D eigenvalue weighted by Crippen LogP contribution is 2.39. The standard InChI is InChI=1S/C21H22N4O/c22-21(26)20-17-3-1-2-4-19(17)25(23-20)16-7-5-14(6-8-16)18-13-24-11-9-15(18)10-12-24/h1-8,15,18H,9-13H2,(H2,22,26). The Hall–Kier alpha value is -2.66. The predicted octanol–water partition coefficient (Wildman–Crippen LogP) is 2.93. The van der Waals surface area contributed by atoms with Gasteiger partial charge in [0.2, 0.25) is 0 Å². The van der Waals surface area contributed by atoms with Crippen molar-refractivity contribution in [1.82, 2.24) is 14.7 Å². The zero-order valence-electron chi connectivity index (χ0n) is 14.6. The molecule has 3 aromatic rings. The first kappa shape index (κ1) is 15.6. The molecule has 5 nitrogen and oxygen atoms in total. The number of piperidine rings is 3. The third-order valence-electron chi connectivity index (χ3n) is 6.04.